The van der Waals surface area contributed by atoms with Crippen LogP contribution >= 0.6 is 0 Å². The lowest BCUT2D eigenvalue weighted by Crippen LogP contribution is -2.03. The summed E-state index contributed by atoms with van der Waals surface area (Å²) in [6.07, 6.45) is 3.51. The monoisotopic (exact) mass is 255 g/mol. The second-order valence-electron chi connectivity index (χ2n) is 4.57. The summed E-state index contributed by atoms with van der Waals surface area (Å²) in [5.41, 5.74) is 2.49. The Morgan fingerprint density at radius 2 is 1.63 bits per heavy atom. The number of hydrogen-bond acceptors (Lipinski definition) is 2. The van der Waals surface area contributed by atoms with Gasteiger partial charge in [0.2, 0.25) is 0 Å². The largest absolute Gasteiger partial charge is 0.495 e. The highest BCUT2D eigenvalue weighted by Crippen LogP contribution is 2.22. The molecule has 0 aliphatic rings. The van der Waals surface area contributed by atoms with Crippen LogP contribution in [0, 0.1) is 0 Å². The van der Waals surface area contributed by atoms with E-state index < -0.39 is 0 Å². The zero-order chi connectivity index (χ0) is 13.3. The zero-order valence-electron chi connectivity index (χ0n) is 11.4. The summed E-state index contributed by atoms with van der Waals surface area (Å²) < 4.78 is 5.31. The number of rotatable bonds is 7. The van der Waals surface area contributed by atoms with E-state index in [1.165, 1.54) is 12.0 Å². The summed E-state index contributed by atoms with van der Waals surface area (Å²) in [7, 11) is 1.70. The third kappa shape index (κ3) is 4.32. The van der Waals surface area contributed by atoms with Crippen molar-refractivity contribution in [3.63, 3.8) is 0 Å². The van der Waals surface area contributed by atoms with Crippen LogP contribution in [-0.2, 0) is 6.42 Å². The number of benzene rings is 2. The van der Waals surface area contributed by atoms with E-state index in [2.05, 4.69) is 41.7 Å². The van der Waals surface area contributed by atoms with Gasteiger partial charge in [0.05, 0.1) is 12.8 Å². The highest BCUT2D eigenvalue weighted by Gasteiger charge is 1.99. The fraction of sp³-hybridized carbons (Fsp3) is 0.294. The van der Waals surface area contributed by atoms with Crippen LogP contribution in [0.5, 0.6) is 5.75 Å². The van der Waals surface area contributed by atoms with Gasteiger partial charge in [0.15, 0.2) is 0 Å². The van der Waals surface area contributed by atoms with Crippen molar-refractivity contribution in [3.05, 3.63) is 60.2 Å². The van der Waals surface area contributed by atoms with Gasteiger partial charge < -0.3 is 10.1 Å². The molecule has 0 unspecified atom stereocenters. The number of para-hydroxylation sites is 2. The maximum absolute atomic E-state index is 5.31. The number of unbranched alkanes of at least 4 members (excludes halogenated alkanes) is 1. The molecule has 0 radical (unpaired) electrons. The van der Waals surface area contributed by atoms with E-state index in [-0.39, 0.29) is 0 Å². The van der Waals surface area contributed by atoms with E-state index in [1.54, 1.807) is 7.11 Å². The molecule has 0 amide bonds. The van der Waals surface area contributed by atoms with Gasteiger partial charge in [-0.15, -0.1) is 0 Å². The molecule has 0 aliphatic carbocycles. The molecule has 1 N–H and O–H groups in total. The molecule has 100 valence electrons. The van der Waals surface area contributed by atoms with Crippen molar-refractivity contribution in [2.24, 2.45) is 0 Å². The number of nitrogens with one attached hydrogen (secondary N) is 1. The second-order valence-corrected chi connectivity index (χ2v) is 4.57. The van der Waals surface area contributed by atoms with Gasteiger partial charge in [-0.25, -0.2) is 0 Å². The fourth-order valence-electron chi connectivity index (χ4n) is 2.11. The Morgan fingerprint density at radius 1 is 0.895 bits per heavy atom. The fourth-order valence-corrected chi connectivity index (χ4v) is 2.11. The first-order valence-electron chi connectivity index (χ1n) is 6.81. The van der Waals surface area contributed by atoms with Crippen LogP contribution in [0.25, 0.3) is 0 Å². The van der Waals surface area contributed by atoms with Gasteiger partial charge in [0, 0.05) is 6.54 Å². The Bertz CT molecular complexity index is 482. The Morgan fingerprint density at radius 3 is 2.42 bits per heavy atom. The van der Waals surface area contributed by atoms with Gasteiger partial charge in [-0.1, -0.05) is 42.5 Å². The molecule has 2 aromatic rings. The molecule has 2 heteroatoms. The van der Waals surface area contributed by atoms with Crippen molar-refractivity contribution in [1.82, 2.24) is 0 Å². The highest BCUT2D eigenvalue weighted by atomic mass is 16.5. The van der Waals surface area contributed by atoms with Crippen LogP contribution in [0.3, 0.4) is 0 Å². The first kappa shape index (κ1) is 13.5. The van der Waals surface area contributed by atoms with E-state index in [0.29, 0.717) is 0 Å². The first-order chi connectivity index (χ1) is 9.40. The van der Waals surface area contributed by atoms with Gasteiger partial charge in [-0.3, -0.25) is 0 Å². The average Bonchev–Trinajstić information content (AvgIpc) is 2.48. The topological polar surface area (TPSA) is 21.3 Å². The van der Waals surface area contributed by atoms with Crippen molar-refractivity contribution in [2.45, 2.75) is 19.3 Å². The predicted molar refractivity (Wildman–Crippen MR) is 80.9 cm³/mol. The SMILES string of the molecule is COc1ccccc1NCCCCc1ccccc1. The van der Waals surface area contributed by atoms with Crippen molar-refractivity contribution in [1.29, 1.82) is 0 Å². The highest BCUT2D eigenvalue weighted by molar-refractivity contribution is 5.55. The van der Waals surface area contributed by atoms with Gasteiger partial charge in [-0.2, -0.15) is 0 Å². The number of anilines is 1. The van der Waals surface area contributed by atoms with E-state index in [4.69, 9.17) is 4.74 Å². The molecule has 0 aromatic heterocycles. The first-order valence-corrected chi connectivity index (χ1v) is 6.81. The van der Waals surface area contributed by atoms with Gasteiger partial charge >= 0.3 is 0 Å². The lowest BCUT2D eigenvalue weighted by molar-refractivity contribution is 0.416. The van der Waals surface area contributed by atoms with Crippen LogP contribution in [0.15, 0.2) is 54.6 Å². The van der Waals surface area contributed by atoms with Crippen molar-refractivity contribution >= 4 is 5.69 Å². The summed E-state index contributed by atoms with van der Waals surface area (Å²) in [5.74, 6) is 0.908. The third-order valence-electron chi connectivity index (χ3n) is 3.16. The molecule has 0 fully saturated rings. The van der Waals surface area contributed by atoms with Gasteiger partial charge in [-0.05, 0) is 37.0 Å². The smallest absolute Gasteiger partial charge is 0.141 e. The van der Waals surface area contributed by atoms with Gasteiger partial charge in [0.25, 0.3) is 0 Å². The van der Waals surface area contributed by atoms with Crippen molar-refractivity contribution in [3.8, 4) is 5.75 Å². The molecular formula is C17H21NO. The summed E-state index contributed by atoms with van der Waals surface area (Å²) in [4.78, 5) is 0. The Hall–Kier alpha value is -1.96. The van der Waals surface area contributed by atoms with Crippen LogP contribution in [0.1, 0.15) is 18.4 Å². The Kier molecular flexibility index (Phi) is 5.30. The quantitative estimate of drug-likeness (QED) is 0.751. The molecule has 2 nitrogen and oxygen atoms in total. The lowest BCUT2D eigenvalue weighted by atomic mass is 10.1. The third-order valence-corrected chi connectivity index (χ3v) is 3.16. The van der Waals surface area contributed by atoms with Crippen molar-refractivity contribution in [2.75, 3.05) is 19.0 Å². The molecule has 0 bridgehead atoms. The minimum absolute atomic E-state index is 0.908. The van der Waals surface area contributed by atoms with E-state index >= 15 is 0 Å². The molecule has 0 spiro atoms. The zero-order valence-corrected chi connectivity index (χ0v) is 11.4. The molecule has 0 aliphatic heterocycles. The molecule has 0 saturated carbocycles. The molecule has 2 rings (SSSR count). The number of hydrogen-bond donors (Lipinski definition) is 1. The normalized spacial score (nSPS) is 10.2. The summed E-state index contributed by atoms with van der Waals surface area (Å²) in [6.45, 7) is 0.979. The Balaban J connectivity index is 1.69. The summed E-state index contributed by atoms with van der Waals surface area (Å²) in [6, 6.07) is 18.7. The number of ether oxygens (including phenoxy) is 1. The van der Waals surface area contributed by atoms with Crippen LogP contribution in [-0.4, -0.2) is 13.7 Å². The molecule has 0 atom stereocenters. The number of methoxy groups -OCH3 is 1. The minimum Gasteiger partial charge on any atom is -0.495 e. The summed E-state index contributed by atoms with van der Waals surface area (Å²) in [5, 5.41) is 3.43. The van der Waals surface area contributed by atoms with E-state index in [0.717, 1.165) is 30.8 Å². The van der Waals surface area contributed by atoms with Crippen LogP contribution < -0.4 is 10.1 Å². The van der Waals surface area contributed by atoms with E-state index in [9.17, 15) is 0 Å². The molecule has 0 saturated heterocycles. The average molecular weight is 255 g/mol. The van der Waals surface area contributed by atoms with Crippen LogP contribution in [0.2, 0.25) is 0 Å². The lowest BCUT2D eigenvalue weighted by Gasteiger charge is -2.10. The van der Waals surface area contributed by atoms with Gasteiger partial charge in [0.1, 0.15) is 5.75 Å². The van der Waals surface area contributed by atoms with Crippen LogP contribution in [0.4, 0.5) is 5.69 Å². The Labute approximate surface area is 115 Å². The maximum atomic E-state index is 5.31. The standard InChI is InChI=1S/C17H21NO/c1-19-17-13-6-5-12-16(17)18-14-8-7-11-15-9-3-2-4-10-15/h2-6,9-10,12-13,18H,7-8,11,14H2,1H3. The predicted octanol–water partition coefficient (Wildman–Crippen LogP) is 4.13. The maximum Gasteiger partial charge on any atom is 0.141 e. The van der Waals surface area contributed by atoms with Crippen molar-refractivity contribution < 1.29 is 4.74 Å². The second kappa shape index (κ2) is 7.47. The molecule has 2 aromatic carbocycles. The minimum atomic E-state index is 0.908. The number of aryl methyl sites for hydroxylation is 1. The molecule has 19 heavy (non-hydrogen) atoms. The van der Waals surface area contributed by atoms with E-state index in [1.807, 2.05) is 18.2 Å². The molecular weight excluding hydrogens is 234 g/mol. The summed E-state index contributed by atoms with van der Waals surface area (Å²) >= 11 is 0. The molecule has 0 heterocycles.